The number of nitrogens with zero attached hydrogens (tertiary/aromatic N) is 2. The van der Waals surface area contributed by atoms with Gasteiger partial charge in [0, 0.05) is 11.1 Å². The number of rotatable bonds is 5. The first kappa shape index (κ1) is 21.0. The third kappa shape index (κ3) is 4.67. The lowest BCUT2D eigenvalue weighted by Crippen LogP contribution is -2.26. The van der Waals surface area contributed by atoms with Crippen molar-refractivity contribution in [2.24, 2.45) is 0 Å². The monoisotopic (exact) mass is 434 g/mol. The lowest BCUT2D eigenvalue weighted by Gasteiger charge is -2.23. The minimum atomic E-state index is 0.375. The molecule has 1 fully saturated rings. The second kappa shape index (κ2) is 9.32. The van der Waals surface area contributed by atoms with Crippen molar-refractivity contribution >= 4 is 22.4 Å². The number of hydrogen-bond donors (Lipinski definition) is 2. The Morgan fingerprint density at radius 3 is 2.58 bits per heavy atom. The zero-order valence-corrected chi connectivity index (χ0v) is 18.6. The summed E-state index contributed by atoms with van der Waals surface area (Å²) in [6, 6.07) is 22.2. The summed E-state index contributed by atoms with van der Waals surface area (Å²) in [4.78, 5) is 9.16. The van der Waals surface area contributed by atoms with Gasteiger partial charge in [0.1, 0.15) is 17.3 Å². The molecule has 0 amide bonds. The minimum Gasteiger partial charge on any atom is -0.457 e. The second-order valence-electron chi connectivity index (χ2n) is 8.36. The summed E-state index contributed by atoms with van der Waals surface area (Å²) >= 11 is 0. The van der Waals surface area contributed by atoms with E-state index in [9.17, 15) is 0 Å². The molecule has 0 atom stereocenters. The maximum Gasteiger partial charge on any atom is 0.207 e. The number of para-hydroxylation sites is 1. The lowest BCUT2D eigenvalue weighted by atomic mass is 9.89. The van der Waals surface area contributed by atoms with Gasteiger partial charge in [-0.2, -0.15) is 0 Å². The van der Waals surface area contributed by atoms with Crippen LogP contribution in [0.15, 0.2) is 66.7 Å². The number of aromatic nitrogens is 2. The number of piperidine rings is 1. The summed E-state index contributed by atoms with van der Waals surface area (Å²) in [5, 5.41) is 7.88. The average Bonchev–Trinajstić information content (AvgIpc) is 2.86. The molecular weight excluding hydrogens is 408 g/mol. The number of nitrogens with one attached hydrogen (secondary N) is 2. The first-order valence-electron chi connectivity index (χ1n) is 11.3. The van der Waals surface area contributed by atoms with Crippen molar-refractivity contribution in [3.05, 3.63) is 83.7 Å². The van der Waals surface area contributed by atoms with Gasteiger partial charge in [-0.15, -0.1) is 6.42 Å². The van der Waals surface area contributed by atoms with Gasteiger partial charge in [0.15, 0.2) is 0 Å². The van der Waals surface area contributed by atoms with Crippen LogP contribution >= 0.6 is 0 Å². The van der Waals surface area contributed by atoms with Crippen molar-refractivity contribution in [2.45, 2.75) is 25.7 Å². The van der Waals surface area contributed by atoms with E-state index in [2.05, 4.69) is 50.8 Å². The standard InChI is InChI=1S/C28H26N4O/c1-3-27-31-25-11-9-21(20-13-15-29-16-14-20)18-24(25)28(32-27)30-22-10-12-26(19(2)17-22)33-23-7-5-4-6-8-23/h1,4-12,17-18,20,29H,13-16H2,2H3,(H,30,31,32). The van der Waals surface area contributed by atoms with E-state index < -0.39 is 0 Å². The maximum absolute atomic E-state index is 6.02. The van der Waals surface area contributed by atoms with Gasteiger partial charge in [-0.1, -0.05) is 24.3 Å². The van der Waals surface area contributed by atoms with Crippen LogP contribution in [0.5, 0.6) is 11.5 Å². The van der Waals surface area contributed by atoms with Crippen molar-refractivity contribution < 1.29 is 4.74 Å². The Balaban J connectivity index is 1.47. The van der Waals surface area contributed by atoms with Crippen molar-refractivity contribution in [1.82, 2.24) is 15.3 Å². The molecule has 33 heavy (non-hydrogen) atoms. The molecule has 4 aromatic rings. The SMILES string of the molecule is C#Cc1nc(Nc2ccc(Oc3ccccc3)c(C)c2)c2cc(C3CCNCC3)ccc2n1. The van der Waals surface area contributed by atoms with Crippen LogP contribution in [0.25, 0.3) is 10.9 Å². The molecule has 1 aliphatic rings. The number of fused-ring (bicyclic) bond motifs is 1. The van der Waals surface area contributed by atoms with E-state index in [4.69, 9.17) is 11.2 Å². The van der Waals surface area contributed by atoms with E-state index in [1.807, 2.05) is 49.4 Å². The first-order valence-corrected chi connectivity index (χ1v) is 11.3. The van der Waals surface area contributed by atoms with Crippen LogP contribution in [-0.4, -0.2) is 23.1 Å². The predicted octanol–water partition coefficient (Wildman–Crippen LogP) is 5.92. The molecule has 0 aliphatic carbocycles. The molecule has 3 aromatic carbocycles. The fourth-order valence-electron chi connectivity index (χ4n) is 4.31. The topological polar surface area (TPSA) is 59.1 Å². The Morgan fingerprint density at radius 1 is 1.00 bits per heavy atom. The van der Waals surface area contributed by atoms with Crippen molar-refractivity contribution in [1.29, 1.82) is 0 Å². The summed E-state index contributed by atoms with van der Waals surface area (Å²) in [6.07, 6.45) is 7.92. The van der Waals surface area contributed by atoms with Gasteiger partial charge >= 0.3 is 0 Å². The van der Waals surface area contributed by atoms with E-state index in [0.717, 1.165) is 65.4 Å². The smallest absolute Gasteiger partial charge is 0.207 e. The number of ether oxygens (including phenoxy) is 1. The molecule has 1 aromatic heterocycles. The second-order valence-corrected chi connectivity index (χ2v) is 8.36. The van der Waals surface area contributed by atoms with Crippen LogP contribution in [-0.2, 0) is 0 Å². The molecule has 1 saturated heterocycles. The molecular formula is C28H26N4O. The molecule has 164 valence electrons. The highest BCUT2D eigenvalue weighted by molar-refractivity contribution is 5.91. The van der Waals surface area contributed by atoms with Crippen LogP contribution in [0.1, 0.15) is 35.7 Å². The summed E-state index contributed by atoms with van der Waals surface area (Å²) in [7, 11) is 0. The lowest BCUT2D eigenvalue weighted by molar-refractivity contribution is 0.460. The van der Waals surface area contributed by atoms with Crippen LogP contribution < -0.4 is 15.4 Å². The molecule has 2 N–H and O–H groups in total. The Bertz CT molecular complexity index is 1320. The van der Waals surface area contributed by atoms with Crippen molar-refractivity contribution in [3.63, 3.8) is 0 Å². The molecule has 5 nitrogen and oxygen atoms in total. The van der Waals surface area contributed by atoms with Gasteiger partial charge in [-0.25, -0.2) is 9.97 Å². The van der Waals surface area contributed by atoms with Crippen molar-refractivity contribution in [2.75, 3.05) is 18.4 Å². The fraction of sp³-hybridized carbons (Fsp3) is 0.214. The number of anilines is 2. The molecule has 0 unspecified atom stereocenters. The van der Waals surface area contributed by atoms with E-state index in [0.29, 0.717) is 11.7 Å². The molecule has 5 heteroatoms. The highest BCUT2D eigenvalue weighted by Gasteiger charge is 2.17. The van der Waals surface area contributed by atoms with E-state index in [-0.39, 0.29) is 0 Å². The summed E-state index contributed by atoms with van der Waals surface area (Å²) in [5.41, 5.74) is 4.11. The number of benzene rings is 3. The van der Waals surface area contributed by atoms with E-state index in [1.54, 1.807) is 0 Å². The third-order valence-corrected chi connectivity index (χ3v) is 6.07. The molecule has 0 spiro atoms. The van der Waals surface area contributed by atoms with Crippen LogP contribution in [0, 0.1) is 19.3 Å². The highest BCUT2D eigenvalue weighted by atomic mass is 16.5. The van der Waals surface area contributed by atoms with Crippen LogP contribution in [0.3, 0.4) is 0 Å². The number of terminal acetylenes is 1. The zero-order chi connectivity index (χ0) is 22.6. The normalized spacial score (nSPS) is 14.1. The Hall–Kier alpha value is -3.88. The Morgan fingerprint density at radius 2 is 1.82 bits per heavy atom. The Labute approximate surface area is 194 Å². The average molecular weight is 435 g/mol. The Kier molecular flexibility index (Phi) is 5.93. The van der Waals surface area contributed by atoms with Gasteiger partial charge in [-0.05, 0) is 98.3 Å². The van der Waals surface area contributed by atoms with Gasteiger partial charge in [0.2, 0.25) is 5.82 Å². The number of aryl methyl sites for hydroxylation is 1. The maximum atomic E-state index is 6.02. The van der Waals surface area contributed by atoms with Gasteiger partial charge in [-0.3, -0.25) is 0 Å². The van der Waals surface area contributed by atoms with Crippen molar-refractivity contribution in [3.8, 4) is 23.8 Å². The molecule has 0 radical (unpaired) electrons. The predicted molar refractivity (Wildman–Crippen MR) is 133 cm³/mol. The largest absolute Gasteiger partial charge is 0.457 e. The number of hydrogen-bond acceptors (Lipinski definition) is 5. The molecule has 0 saturated carbocycles. The molecule has 2 heterocycles. The first-order chi connectivity index (χ1) is 16.2. The summed E-state index contributed by atoms with van der Waals surface area (Å²) in [5.74, 6) is 5.86. The summed E-state index contributed by atoms with van der Waals surface area (Å²) in [6.45, 7) is 4.14. The quantitative estimate of drug-likeness (QED) is 0.382. The van der Waals surface area contributed by atoms with E-state index >= 15 is 0 Å². The van der Waals surface area contributed by atoms with Crippen LogP contribution in [0.4, 0.5) is 11.5 Å². The zero-order valence-electron chi connectivity index (χ0n) is 18.6. The van der Waals surface area contributed by atoms with Gasteiger partial charge < -0.3 is 15.4 Å². The highest BCUT2D eigenvalue weighted by Crippen LogP contribution is 2.32. The molecule has 0 bridgehead atoms. The molecule has 5 rings (SSSR count). The minimum absolute atomic E-state index is 0.375. The fourth-order valence-corrected chi connectivity index (χ4v) is 4.31. The summed E-state index contributed by atoms with van der Waals surface area (Å²) < 4.78 is 6.02. The van der Waals surface area contributed by atoms with E-state index in [1.165, 1.54) is 5.56 Å². The van der Waals surface area contributed by atoms with Crippen LogP contribution in [0.2, 0.25) is 0 Å². The molecule has 1 aliphatic heterocycles. The third-order valence-electron chi connectivity index (χ3n) is 6.07. The van der Waals surface area contributed by atoms with Gasteiger partial charge in [0.25, 0.3) is 0 Å². The van der Waals surface area contributed by atoms with Gasteiger partial charge in [0.05, 0.1) is 5.52 Å².